The molecule has 1 radical (unpaired) electrons. The molecule has 7 rings (SSSR count). The van der Waals surface area contributed by atoms with Crippen LogP contribution in [-0.2, 0) is 34.2 Å². The molecule has 0 bridgehead atoms. The molecule has 0 saturated carbocycles. The zero-order valence-electron chi connectivity index (χ0n) is 22.5. The van der Waals surface area contributed by atoms with Gasteiger partial charge in [0.05, 0.1) is 0 Å². The van der Waals surface area contributed by atoms with E-state index in [1.807, 2.05) is 48.5 Å². The van der Waals surface area contributed by atoms with Gasteiger partial charge in [-0.15, -0.1) is 59.3 Å². The number of hydrogen-bond acceptors (Lipinski definition) is 6. The molecule has 9 nitrogen and oxygen atoms in total. The number of aromatic carboxylic acids is 1. The summed E-state index contributed by atoms with van der Waals surface area (Å²) in [5, 5.41) is 11.2. The minimum Gasteiger partial charge on any atom is -0.477 e. The maximum Gasteiger partial charge on any atom is 0.354 e. The molecule has 0 amide bonds. The van der Waals surface area contributed by atoms with Crippen molar-refractivity contribution >= 4 is 49.6 Å². The molecule has 0 unspecified atom stereocenters. The Kier molecular flexibility index (Phi) is 9.32. The van der Waals surface area contributed by atoms with Crippen LogP contribution in [0.25, 0.3) is 43.6 Å². The Morgan fingerprint density at radius 2 is 1.14 bits per heavy atom. The SMILES string of the molecule is Cn1c(=O)c2ccc[c-]c2c2ncccc21.Cn1c(=O)c2ccc[c-]c2c2ncccc21.O=C(O)c1ccccn1.[Ir]. The number of carboxylic acid groups (broad SMARTS) is 1. The van der Waals surface area contributed by atoms with Gasteiger partial charge in [0, 0.05) is 74.9 Å². The van der Waals surface area contributed by atoms with Gasteiger partial charge in [0.15, 0.2) is 0 Å². The van der Waals surface area contributed by atoms with Gasteiger partial charge < -0.3 is 24.2 Å². The van der Waals surface area contributed by atoms with Crippen molar-refractivity contribution < 1.29 is 30.0 Å². The van der Waals surface area contributed by atoms with Crippen LogP contribution in [0.4, 0.5) is 0 Å². The smallest absolute Gasteiger partial charge is 0.354 e. The van der Waals surface area contributed by atoms with Gasteiger partial charge in [-0.1, -0.05) is 6.07 Å². The minimum absolute atomic E-state index is 0. The summed E-state index contributed by atoms with van der Waals surface area (Å²) in [5.41, 5.74) is 3.38. The number of pyridine rings is 5. The van der Waals surface area contributed by atoms with Gasteiger partial charge in [0.2, 0.25) is 11.1 Å². The molecule has 42 heavy (non-hydrogen) atoms. The van der Waals surface area contributed by atoms with Crippen LogP contribution in [0.2, 0.25) is 0 Å². The monoisotopic (exact) mass is 734 g/mol. The van der Waals surface area contributed by atoms with Crippen molar-refractivity contribution in [2.24, 2.45) is 14.1 Å². The summed E-state index contributed by atoms with van der Waals surface area (Å²) in [6.45, 7) is 0. The number of benzene rings is 2. The van der Waals surface area contributed by atoms with E-state index in [4.69, 9.17) is 5.11 Å². The number of aromatic nitrogens is 5. The molecule has 1 N–H and O–H groups in total. The van der Waals surface area contributed by atoms with Crippen LogP contribution in [0, 0.1) is 12.1 Å². The van der Waals surface area contributed by atoms with Gasteiger partial charge in [-0.05, 0) is 47.2 Å². The van der Waals surface area contributed by atoms with E-state index in [0.717, 1.165) is 32.8 Å². The van der Waals surface area contributed by atoms with Crippen LogP contribution in [0.5, 0.6) is 0 Å². The van der Waals surface area contributed by atoms with E-state index < -0.39 is 5.97 Å². The first kappa shape index (κ1) is 29.9. The Labute approximate surface area is 253 Å². The number of carbonyl (C=O) groups is 1. The molecule has 0 fully saturated rings. The van der Waals surface area contributed by atoms with Gasteiger partial charge in [-0.3, -0.25) is 9.59 Å². The Morgan fingerprint density at radius 1 is 0.667 bits per heavy atom. The van der Waals surface area contributed by atoms with Crippen LogP contribution >= 0.6 is 0 Å². The molecule has 10 heteroatoms. The zero-order valence-corrected chi connectivity index (χ0v) is 24.9. The number of fused-ring (bicyclic) bond motifs is 6. The normalized spacial score (nSPS) is 10.3. The summed E-state index contributed by atoms with van der Waals surface area (Å²) >= 11 is 0. The first-order chi connectivity index (χ1) is 19.9. The second-order valence-corrected chi connectivity index (χ2v) is 8.91. The molecular formula is C32H23IrN5O4-2. The third-order valence-corrected chi connectivity index (χ3v) is 6.44. The maximum absolute atomic E-state index is 12.1. The maximum atomic E-state index is 12.1. The number of nitrogens with zero attached hydrogens (tertiary/aromatic N) is 5. The molecule has 5 aromatic heterocycles. The Bertz CT molecular complexity index is 2030. The predicted molar refractivity (Wildman–Crippen MR) is 158 cm³/mol. The molecule has 0 spiro atoms. The van der Waals surface area contributed by atoms with Gasteiger partial charge >= 0.3 is 5.97 Å². The quantitative estimate of drug-likeness (QED) is 0.194. The molecule has 0 aliphatic carbocycles. The van der Waals surface area contributed by atoms with E-state index >= 15 is 0 Å². The second kappa shape index (κ2) is 13.1. The molecule has 0 saturated heterocycles. The Morgan fingerprint density at radius 3 is 1.55 bits per heavy atom. The van der Waals surface area contributed by atoms with Crippen LogP contribution in [-0.4, -0.2) is 35.2 Å². The first-order valence-electron chi connectivity index (χ1n) is 12.5. The zero-order chi connectivity index (χ0) is 28.9. The summed E-state index contributed by atoms with van der Waals surface area (Å²) in [4.78, 5) is 46.5. The molecule has 5 heterocycles. The first-order valence-corrected chi connectivity index (χ1v) is 12.5. The second-order valence-electron chi connectivity index (χ2n) is 8.91. The van der Waals surface area contributed by atoms with E-state index in [9.17, 15) is 14.4 Å². The summed E-state index contributed by atoms with van der Waals surface area (Å²) in [6.07, 6.45) is 4.91. The van der Waals surface area contributed by atoms with Crippen molar-refractivity contribution in [1.29, 1.82) is 0 Å². The number of aryl methyl sites for hydroxylation is 2. The number of rotatable bonds is 1. The van der Waals surface area contributed by atoms with E-state index in [1.54, 1.807) is 59.9 Å². The number of carboxylic acids is 1. The van der Waals surface area contributed by atoms with E-state index in [0.29, 0.717) is 10.8 Å². The summed E-state index contributed by atoms with van der Waals surface area (Å²) in [6, 6.07) is 29.2. The fraction of sp³-hybridized carbons (Fsp3) is 0.0625. The Balaban J connectivity index is 0.000000149. The van der Waals surface area contributed by atoms with Crippen LogP contribution in [0.15, 0.2) is 107 Å². The molecular weight excluding hydrogens is 711 g/mol. The van der Waals surface area contributed by atoms with Crippen LogP contribution in [0.3, 0.4) is 0 Å². The topological polar surface area (TPSA) is 120 Å². The summed E-state index contributed by atoms with van der Waals surface area (Å²) in [5.74, 6) is -0.990. The van der Waals surface area contributed by atoms with Gasteiger partial charge in [0.25, 0.3) is 0 Å². The third kappa shape index (κ3) is 5.85. The number of hydrogen-bond donors (Lipinski definition) is 1. The van der Waals surface area contributed by atoms with E-state index in [-0.39, 0.29) is 36.9 Å². The third-order valence-electron chi connectivity index (χ3n) is 6.44. The van der Waals surface area contributed by atoms with Gasteiger partial charge in [-0.2, -0.15) is 0 Å². The molecule has 7 aromatic rings. The largest absolute Gasteiger partial charge is 0.477 e. The molecule has 0 aliphatic heterocycles. The fourth-order valence-electron chi connectivity index (χ4n) is 4.41. The van der Waals surface area contributed by atoms with E-state index in [2.05, 4.69) is 27.1 Å². The fourth-order valence-corrected chi connectivity index (χ4v) is 4.41. The molecule has 211 valence electrons. The Hall–Kier alpha value is -5.05. The van der Waals surface area contributed by atoms with Crippen molar-refractivity contribution in [3.63, 3.8) is 0 Å². The van der Waals surface area contributed by atoms with Crippen molar-refractivity contribution in [3.8, 4) is 0 Å². The van der Waals surface area contributed by atoms with Gasteiger partial charge in [-0.25, -0.2) is 9.78 Å². The summed E-state index contributed by atoms with van der Waals surface area (Å²) < 4.78 is 3.25. The minimum atomic E-state index is -0.990. The van der Waals surface area contributed by atoms with Crippen molar-refractivity contribution in [3.05, 3.63) is 136 Å². The summed E-state index contributed by atoms with van der Waals surface area (Å²) in [7, 11) is 3.53. The predicted octanol–water partition coefficient (Wildman–Crippen LogP) is 4.55. The van der Waals surface area contributed by atoms with Crippen molar-refractivity contribution in [2.75, 3.05) is 0 Å². The molecule has 0 atom stereocenters. The standard InChI is InChI=1S/2C13H9N2O.C6H5NO2.Ir/c2*1-15-11-7-4-8-14-12(11)9-5-2-3-6-10(9)13(15)16;8-6(9)5-3-1-2-4-7-5;/h2*2-4,6-8H,1H3;1-4H,(H,8,9);/q2*-1;;. The van der Waals surface area contributed by atoms with Gasteiger partial charge in [0.1, 0.15) is 5.69 Å². The van der Waals surface area contributed by atoms with E-state index in [1.165, 1.54) is 12.3 Å². The average Bonchev–Trinajstić information content (AvgIpc) is 3.03. The van der Waals surface area contributed by atoms with Crippen LogP contribution < -0.4 is 11.1 Å². The molecule has 2 aromatic carbocycles. The molecule has 0 aliphatic rings. The van der Waals surface area contributed by atoms with Crippen LogP contribution in [0.1, 0.15) is 10.5 Å². The average molecular weight is 734 g/mol. The van der Waals surface area contributed by atoms with Crippen molar-refractivity contribution in [2.45, 2.75) is 0 Å². The van der Waals surface area contributed by atoms with Crippen molar-refractivity contribution in [1.82, 2.24) is 24.1 Å².